The molecule has 1 aromatic rings. The topological polar surface area (TPSA) is 70.1 Å². The molecule has 2 fully saturated rings. The van der Waals surface area contributed by atoms with Gasteiger partial charge in [-0.1, -0.05) is 0 Å². The number of hydrogen-bond acceptors (Lipinski definition) is 4. The number of hydrogen-bond donors (Lipinski definition) is 1. The summed E-state index contributed by atoms with van der Waals surface area (Å²) in [6.45, 7) is 1.78. The number of amides is 2. The number of aliphatic hydroxyl groups excluding tert-OH is 1. The van der Waals surface area contributed by atoms with Crippen LogP contribution in [0.1, 0.15) is 6.42 Å². The third kappa shape index (κ3) is 2.77. The average molecular weight is 290 g/mol. The molecule has 0 aromatic heterocycles. The Labute approximate surface area is 122 Å². The summed E-state index contributed by atoms with van der Waals surface area (Å²) in [7, 11) is 0. The van der Waals surface area contributed by atoms with E-state index in [1.165, 1.54) is 0 Å². The lowest BCUT2D eigenvalue weighted by atomic mass is 10.1. The molecule has 2 heterocycles. The second-order valence-electron chi connectivity index (χ2n) is 5.37. The van der Waals surface area contributed by atoms with Crippen LogP contribution in [0.4, 0.5) is 11.4 Å². The smallest absolute Gasteiger partial charge is 0.253 e. The number of benzene rings is 1. The van der Waals surface area contributed by atoms with Gasteiger partial charge in [-0.2, -0.15) is 0 Å². The molecule has 0 saturated carbocycles. The number of carbonyl (C=O) groups is 2. The van der Waals surface area contributed by atoms with Crippen LogP contribution in [-0.2, 0) is 14.3 Å². The highest BCUT2D eigenvalue weighted by molar-refractivity contribution is 5.97. The van der Waals surface area contributed by atoms with Gasteiger partial charge in [0.25, 0.3) is 5.91 Å². The minimum Gasteiger partial charge on any atom is -0.396 e. The van der Waals surface area contributed by atoms with Crippen molar-refractivity contribution in [3.05, 3.63) is 24.3 Å². The number of nitrogens with zero attached hydrogens (tertiary/aromatic N) is 2. The Bertz CT molecular complexity index is 543. The fraction of sp³-hybridized carbons (Fsp3) is 0.467. The SMILES string of the molecule is O=C1COCCN1c1ccc(N2CC(CO)CC2=O)cc1. The molecular weight excluding hydrogens is 272 g/mol. The summed E-state index contributed by atoms with van der Waals surface area (Å²) in [6.07, 6.45) is 0.389. The first kappa shape index (κ1) is 14.0. The van der Waals surface area contributed by atoms with Gasteiger partial charge in [-0.05, 0) is 24.3 Å². The fourth-order valence-electron chi connectivity index (χ4n) is 2.76. The third-order valence-electron chi connectivity index (χ3n) is 3.92. The Hall–Kier alpha value is -1.92. The summed E-state index contributed by atoms with van der Waals surface area (Å²) < 4.78 is 5.11. The van der Waals surface area contributed by atoms with Gasteiger partial charge in [-0.3, -0.25) is 9.59 Å². The van der Waals surface area contributed by atoms with E-state index in [1.807, 2.05) is 24.3 Å². The van der Waals surface area contributed by atoms with E-state index in [0.717, 1.165) is 11.4 Å². The molecule has 3 rings (SSSR count). The quantitative estimate of drug-likeness (QED) is 0.874. The number of anilines is 2. The van der Waals surface area contributed by atoms with Crippen molar-refractivity contribution in [3.63, 3.8) is 0 Å². The highest BCUT2D eigenvalue weighted by Crippen LogP contribution is 2.27. The van der Waals surface area contributed by atoms with Crippen molar-refractivity contribution in [2.24, 2.45) is 5.92 Å². The van der Waals surface area contributed by atoms with Crippen molar-refractivity contribution in [2.75, 3.05) is 42.7 Å². The van der Waals surface area contributed by atoms with Crippen molar-refractivity contribution in [1.82, 2.24) is 0 Å². The van der Waals surface area contributed by atoms with Gasteiger partial charge in [0.2, 0.25) is 5.91 Å². The fourth-order valence-corrected chi connectivity index (χ4v) is 2.76. The Morgan fingerprint density at radius 1 is 1.10 bits per heavy atom. The minimum absolute atomic E-state index is 0.0120. The van der Waals surface area contributed by atoms with Gasteiger partial charge in [0.15, 0.2) is 0 Å². The Balaban J connectivity index is 1.75. The van der Waals surface area contributed by atoms with Crippen LogP contribution in [0.15, 0.2) is 24.3 Å². The number of carbonyl (C=O) groups excluding carboxylic acids is 2. The maximum atomic E-state index is 11.9. The second kappa shape index (κ2) is 5.83. The van der Waals surface area contributed by atoms with Crippen molar-refractivity contribution in [3.8, 4) is 0 Å². The first-order valence-corrected chi connectivity index (χ1v) is 7.08. The molecule has 0 aliphatic carbocycles. The maximum absolute atomic E-state index is 11.9. The Morgan fingerprint density at radius 2 is 1.76 bits per heavy atom. The lowest BCUT2D eigenvalue weighted by molar-refractivity contribution is -0.125. The van der Waals surface area contributed by atoms with E-state index in [9.17, 15) is 9.59 Å². The van der Waals surface area contributed by atoms with Gasteiger partial charge in [0.05, 0.1) is 6.61 Å². The summed E-state index contributed by atoms with van der Waals surface area (Å²) in [5, 5.41) is 9.16. The molecule has 6 nitrogen and oxygen atoms in total. The molecule has 1 unspecified atom stereocenters. The van der Waals surface area contributed by atoms with Crippen molar-refractivity contribution < 1.29 is 19.4 Å². The van der Waals surface area contributed by atoms with Gasteiger partial charge >= 0.3 is 0 Å². The molecular formula is C15H18N2O4. The standard InChI is InChI=1S/C15H18N2O4/c18-9-11-7-14(19)17(8-11)13-3-1-12(2-4-13)16-5-6-21-10-15(16)20/h1-4,11,18H,5-10H2. The van der Waals surface area contributed by atoms with Crippen LogP contribution in [0.2, 0.25) is 0 Å². The highest BCUT2D eigenvalue weighted by atomic mass is 16.5. The molecule has 2 amide bonds. The Morgan fingerprint density at radius 3 is 2.33 bits per heavy atom. The normalized spacial score (nSPS) is 23.0. The molecule has 0 bridgehead atoms. The molecule has 1 atom stereocenters. The number of aliphatic hydroxyl groups is 1. The number of morpholine rings is 1. The molecule has 1 aromatic carbocycles. The number of ether oxygens (including phenoxy) is 1. The van der Waals surface area contributed by atoms with Crippen molar-refractivity contribution in [2.45, 2.75) is 6.42 Å². The summed E-state index contributed by atoms with van der Waals surface area (Å²) in [5.41, 5.74) is 1.62. The molecule has 2 saturated heterocycles. The van der Waals surface area contributed by atoms with Crippen molar-refractivity contribution >= 4 is 23.2 Å². The summed E-state index contributed by atoms with van der Waals surface area (Å²) >= 11 is 0. The zero-order valence-corrected chi connectivity index (χ0v) is 11.7. The third-order valence-corrected chi connectivity index (χ3v) is 3.92. The van der Waals surface area contributed by atoms with Crippen LogP contribution in [0, 0.1) is 5.92 Å². The van der Waals surface area contributed by atoms with E-state index in [-0.39, 0.29) is 30.9 Å². The van der Waals surface area contributed by atoms with E-state index in [1.54, 1.807) is 9.80 Å². The van der Waals surface area contributed by atoms with Crippen LogP contribution in [0.5, 0.6) is 0 Å². The Kier molecular flexibility index (Phi) is 3.90. The molecule has 21 heavy (non-hydrogen) atoms. The predicted octanol–water partition coefficient (Wildman–Crippen LogP) is 0.395. The zero-order valence-electron chi connectivity index (χ0n) is 11.7. The molecule has 6 heteroatoms. The average Bonchev–Trinajstić information content (AvgIpc) is 2.89. The zero-order chi connectivity index (χ0) is 14.8. The minimum atomic E-state index is -0.0495. The van der Waals surface area contributed by atoms with Gasteiger partial charge in [0.1, 0.15) is 6.61 Å². The van der Waals surface area contributed by atoms with E-state index < -0.39 is 0 Å². The molecule has 112 valence electrons. The molecule has 0 spiro atoms. The number of rotatable bonds is 3. The van der Waals surface area contributed by atoms with Crippen LogP contribution in [-0.4, -0.2) is 49.8 Å². The van der Waals surface area contributed by atoms with Gasteiger partial charge in [-0.25, -0.2) is 0 Å². The van der Waals surface area contributed by atoms with Crippen LogP contribution in [0.25, 0.3) is 0 Å². The summed E-state index contributed by atoms with van der Waals surface area (Å²) in [6, 6.07) is 7.38. The summed E-state index contributed by atoms with van der Waals surface area (Å²) in [5.74, 6) is -0.00570. The lowest BCUT2D eigenvalue weighted by Crippen LogP contribution is -2.41. The van der Waals surface area contributed by atoms with Crippen LogP contribution < -0.4 is 9.80 Å². The lowest BCUT2D eigenvalue weighted by Gasteiger charge is -2.27. The van der Waals surface area contributed by atoms with E-state index in [4.69, 9.17) is 9.84 Å². The molecule has 2 aliphatic rings. The van der Waals surface area contributed by atoms with Crippen molar-refractivity contribution in [1.29, 1.82) is 0 Å². The van der Waals surface area contributed by atoms with E-state index >= 15 is 0 Å². The largest absolute Gasteiger partial charge is 0.396 e. The van der Waals surface area contributed by atoms with E-state index in [2.05, 4.69) is 0 Å². The maximum Gasteiger partial charge on any atom is 0.253 e. The second-order valence-corrected chi connectivity index (χ2v) is 5.37. The van der Waals surface area contributed by atoms with Gasteiger partial charge < -0.3 is 19.6 Å². The first-order chi connectivity index (χ1) is 10.2. The van der Waals surface area contributed by atoms with Crippen LogP contribution >= 0.6 is 0 Å². The summed E-state index contributed by atoms with van der Waals surface area (Å²) in [4.78, 5) is 27.1. The van der Waals surface area contributed by atoms with Crippen LogP contribution in [0.3, 0.4) is 0 Å². The van der Waals surface area contributed by atoms with Gasteiger partial charge in [-0.15, -0.1) is 0 Å². The highest BCUT2D eigenvalue weighted by Gasteiger charge is 2.30. The van der Waals surface area contributed by atoms with E-state index in [0.29, 0.717) is 26.1 Å². The molecule has 2 aliphatic heterocycles. The van der Waals surface area contributed by atoms with Gasteiger partial charge in [0, 0.05) is 43.4 Å². The molecule has 0 radical (unpaired) electrons. The molecule has 1 N–H and O–H groups in total. The monoisotopic (exact) mass is 290 g/mol. The first-order valence-electron chi connectivity index (χ1n) is 7.08. The predicted molar refractivity (Wildman–Crippen MR) is 77.2 cm³/mol.